The second-order valence-electron chi connectivity index (χ2n) is 3.16. The molecule has 0 aliphatic rings. The molecule has 1 aromatic carbocycles. The molecule has 0 unspecified atom stereocenters. The van der Waals surface area contributed by atoms with Crippen LogP contribution in [0.3, 0.4) is 0 Å². The summed E-state index contributed by atoms with van der Waals surface area (Å²) in [5, 5.41) is 3.26. The van der Waals surface area contributed by atoms with Crippen LogP contribution < -0.4 is 4.72 Å². The molecule has 0 bridgehead atoms. The third-order valence-corrected chi connectivity index (χ3v) is 3.36. The lowest BCUT2D eigenvalue weighted by Crippen LogP contribution is -2.25. The molecule has 92 valence electrons. The Balaban J connectivity index is 2.60. The van der Waals surface area contributed by atoms with Crippen LogP contribution in [0.5, 0.6) is 0 Å². The molecular formula is C9H11FN4O2S. The molecule has 0 spiro atoms. The zero-order valence-electron chi connectivity index (χ0n) is 8.88. The number of hydrogen-bond donors (Lipinski definition) is 1. The molecule has 0 saturated carbocycles. The summed E-state index contributed by atoms with van der Waals surface area (Å²) < 4.78 is 38.4. The maximum absolute atomic E-state index is 12.8. The third-order valence-electron chi connectivity index (χ3n) is 1.90. The largest absolute Gasteiger partial charge is 0.240 e. The molecule has 0 aliphatic heterocycles. The van der Waals surface area contributed by atoms with Gasteiger partial charge < -0.3 is 0 Å². The molecule has 0 aromatic heterocycles. The number of nitrogens with one attached hydrogen (secondary N) is 1. The van der Waals surface area contributed by atoms with Gasteiger partial charge in [0.25, 0.3) is 0 Å². The fourth-order valence-electron chi connectivity index (χ4n) is 1.12. The fourth-order valence-corrected chi connectivity index (χ4v) is 2.22. The van der Waals surface area contributed by atoms with Gasteiger partial charge in [0, 0.05) is 18.0 Å². The van der Waals surface area contributed by atoms with E-state index in [0.717, 1.165) is 6.07 Å². The Bertz CT molecular complexity index is 526. The van der Waals surface area contributed by atoms with Crippen LogP contribution in [0.4, 0.5) is 4.39 Å². The summed E-state index contributed by atoms with van der Waals surface area (Å²) in [4.78, 5) is 2.41. The van der Waals surface area contributed by atoms with E-state index in [1.807, 2.05) is 0 Å². The number of halogens is 1. The summed E-state index contributed by atoms with van der Waals surface area (Å²) in [6.07, 6.45) is 0.388. The van der Waals surface area contributed by atoms with E-state index >= 15 is 0 Å². The molecule has 0 fully saturated rings. The fraction of sp³-hybridized carbons (Fsp3) is 0.333. The van der Waals surface area contributed by atoms with Crippen LogP contribution in [0.1, 0.15) is 6.42 Å². The van der Waals surface area contributed by atoms with Crippen molar-refractivity contribution in [3.63, 3.8) is 0 Å². The van der Waals surface area contributed by atoms with Crippen molar-refractivity contribution in [2.45, 2.75) is 11.3 Å². The van der Waals surface area contributed by atoms with Gasteiger partial charge in [-0.3, -0.25) is 0 Å². The number of sulfonamides is 1. The lowest BCUT2D eigenvalue weighted by Gasteiger charge is -2.05. The van der Waals surface area contributed by atoms with Crippen LogP contribution in [0.15, 0.2) is 34.3 Å². The summed E-state index contributed by atoms with van der Waals surface area (Å²) in [6, 6.07) is 4.74. The second kappa shape index (κ2) is 6.19. The highest BCUT2D eigenvalue weighted by Crippen LogP contribution is 2.09. The SMILES string of the molecule is [N-]=[N+]=NCCCNS(=O)(=O)c1cccc(F)c1. The highest BCUT2D eigenvalue weighted by Gasteiger charge is 2.13. The van der Waals surface area contributed by atoms with Gasteiger partial charge in [0.2, 0.25) is 10.0 Å². The van der Waals surface area contributed by atoms with Crippen molar-refractivity contribution >= 4 is 10.0 Å². The normalized spacial score (nSPS) is 10.9. The van der Waals surface area contributed by atoms with E-state index in [0.29, 0.717) is 6.42 Å². The van der Waals surface area contributed by atoms with E-state index in [4.69, 9.17) is 5.53 Å². The number of hydrogen-bond acceptors (Lipinski definition) is 3. The van der Waals surface area contributed by atoms with Gasteiger partial charge in [-0.25, -0.2) is 17.5 Å². The van der Waals surface area contributed by atoms with Gasteiger partial charge in [0.1, 0.15) is 5.82 Å². The maximum atomic E-state index is 12.8. The van der Waals surface area contributed by atoms with E-state index in [2.05, 4.69) is 14.7 Å². The smallest absolute Gasteiger partial charge is 0.211 e. The lowest BCUT2D eigenvalue weighted by atomic mass is 10.4. The number of azide groups is 1. The first-order valence-corrected chi connectivity index (χ1v) is 6.30. The van der Waals surface area contributed by atoms with Crippen LogP contribution in [0, 0.1) is 5.82 Å². The number of rotatable bonds is 6. The molecule has 1 rings (SSSR count). The van der Waals surface area contributed by atoms with Crippen molar-refractivity contribution in [2.75, 3.05) is 13.1 Å². The van der Waals surface area contributed by atoms with E-state index in [9.17, 15) is 12.8 Å². The highest BCUT2D eigenvalue weighted by molar-refractivity contribution is 7.89. The van der Waals surface area contributed by atoms with Gasteiger partial charge in [-0.2, -0.15) is 0 Å². The first-order valence-electron chi connectivity index (χ1n) is 4.82. The van der Waals surface area contributed by atoms with Crippen LogP contribution in [0.2, 0.25) is 0 Å². The van der Waals surface area contributed by atoms with Crippen LogP contribution in [-0.2, 0) is 10.0 Å². The second-order valence-corrected chi connectivity index (χ2v) is 4.93. The monoisotopic (exact) mass is 258 g/mol. The molecule has 0 heterocycles. The summed E-state index contributed by atoms with van der Waals surface area (Å²) in [5.74, 6) is -0.609. The van der Waals surface area contributed by atoms with Gasteiger partial charge in [0.15, 0.2) is 0 Å². The Labute approximate surface area is 98.1 Å². The predicted octanol–water partition coefficient (Wildman–Crippen LogP) is 1.80. The predicted molar refractivity (Wildman–Crippen MR) is 60.2 cm³/mol. The summed E-state index contributed by atoms with van der Waals surface area (Å²) in [7, 11) is -3.69. The van der Waals surface area contributed by atoms with Crippen molar-refractivity contribution in [1.82, 2.24) is 4.72 Å². The number of nitrogens with zero attached hydrogens (tertiary/aromatic N) is 3. The van der Waals surface area contributed by atoms with E-state index < -0.39 is 15.8 Å². The Morgan fingerprint density at radius 3 is 2.88 bits per heavy atom. The Morgan fingerprint density at radius 1 is 1.47 bits per heavy atom. The zero-order valence-corrected chi connectivity index (χ0v) is 9.69. The highest BCUT2D eigenvalue weighted by atomic mass is 32.2. The van der Waals surface area contributed by atoms with Gasteiger partial charge in [0.05, 0.1) is 4.90 Å². The van der Waals surface area contributed by atoms with Crippen LogP contribution in [0.25, 0.3) is 10.4 Å². The molecule has 0 atom stereocenters. The standard InChI is InChI=1S/C9H11FN4O2S/c10-8-3-1-4-9(7-8)17(15,16)13-6-2-5-12-14-11/h1,3-4,7,13H,2,5-6H2. The minimum absolute atomic E-state index is 0.124. The van der Waals surface area contributed by atoms with E-state index in [-0.39, 0.29) is 18.0 Å². The van der Waals surface area contributed by atoms with Crippen molar-refractivity contribution in [3.05, 3.63) is 40.5 Å². The lowest BCUT2D eigenvalue weighted by molar-refractivity contribution is 0.576. The van der Waals surface area contributed by atoms with E-state index in [1.54, 1.807) is 0 Å². The molecule has 0 radical (unpaired) electrons. The third kappa shape index (κ3) is 4.39. The summed E-state index contributed by atoms with van der Waals surface area (Å²) >= 11 is 0. The molecule has 6 nitrogen and oxygen atoms in total. The molecular weight excluding hydrogens is 247 g/mol. The summed E-state index contributed by atoms with van der Waals surface area (Å²) in [5.41, 5.74) is 8.01. The molecule has 17 heavy (non-hydrogen) atoms. The maximum Gasteiger partial charge on any atom is 0.240 e. The molecule has 0 saturated heterocycles. The Morgan fingerprint density at radius 2 is 2.24 bits per heavy atom. The molecule has 8 heteroatoms. The summed E-state index contributed by atoms with van der Waals surface area (Å²) in [6.45, 7) is 0.347. The molecule has 1 N–H and O–H groups in total. The minimum atomic E-state index is -3.69. The topological polar surface area (TPSA) is 94.9 Å². The van der Waals surface area contributed by atoms with Crippen molar-refractivity contribution in [3.8, 4) is 0 Å². The Kier molecular flexibility index (Phi) is 4.89. The molecule has 0 amide bonds. The average molecular weight is 258 g/mol. The average Bonchev–Trinajstić information content (AvgIpc) is 2.29. The van der Waals surface area contributed by atoms with Gasteiger partial charge >= 0.3 is 0 Å². The Hall–Kier alpha value is -1.63. The van der Waals surface area contributed by atoms with Gasteiger partial charge in [-0.15, -0.1) is 0 Å². The van der Waals surface area contributed by atoms with E-state index in [1.165, 1.54) is 18.2 Å². The number of benzene rings is 1. The van der Waals surface area contributed by atoms with Crippen molar-refractivity contribution in [1.29, 1.82) is 0 Å². The first-order chi connectivity index (χ1) is 8.06. The molecule has 1 aromatic rings. The van der Waals surface area contributed by atoms with Crippen LogP contribution >= 0.6 is 0 Å². The van der Waals surface area contributed by atoms with Crippen molar-refractivity contribution in [2.24, 2.45) is 5.11 Å². The molecule has 0 aliphatic carbocycles. The quantitative estimate of drug-likeness (QED) is 0.364. The first kappa shape index (κ1) is 13.4. The zero-order chi connectivity index (χ0) is 12.7. The van der Waals surface area contributed by atoms with Crippen molar-refractivity contribution < 1.29 is 12.8 Å². The van der Waals surface area contributed by atoms with Crippen LogP contribution in [-0.4, -0.2) is 21.5 Å². The van der Waals surface area contributed by atoms with Gasteiger partial charge in [-0.1, -0.05) is 11.2 Å². The van der Waals surface area contributed by atoms with Gasteiger partial charge in [-0.05, 0) is 30.2 Å². The minimum Gasteiger partial charge on any atom is -0.211 e.